The van der Waals surface area contributed by atoms with Crippen molar-refractivity contribution >= 4 is 5.96 Å². The molecule has 0 saturated heterocycles. The van der Waals surface area contributed by atoms with Gasteiger partial charge in [-0.1, -0.05) is 0 Å². The molecular formula is C18H17F4N3O3. The second-order valence-corrected chi connectivity index (χ2v) is 5.71. The first-order chi connectivity index (χ1) is 13.5. The quantitative estimate of drug-likeness (QED) is 0.444. The maximum absolute atomic E-state index is 13.7. The van der Waals surface area contributed by atoms with Crippen LogP contribution in [0.1, 0.15) is 11.1 Å². The molecule has 0 aliphatic carbocycles. The predicted molar refractivity (Wildman–Crippen MR) is 92.6 cm³/mol. The minimum atomic E-state index is -3.01. The third-order valence-electron chi connectivity index (χ3n) is 3.90. The van der Waals surface area contributed by atoms with Crippen molar-refractivity contribution < 1.29 is 31.8 Å². The van der Waals surface area contributed by atoms with Crippen LogP contribution >= 0.6 is 0 Å². The van der Waals surface area contributed by atoms with E-state index in [2.05, 4.69) is 20.4 Å². The molecule has 2 aromatic carbocycles. The largest absolute Gasteiger partial charge is 0.454 e. The highest BCUT2D eigenvalue weighted by atomic mass is 19.3. The third-order valence-corrected chi connectivity index (χ3v) is 3.90. The summed E-state index contributed by atoms with van der Waals surface area (Å²) >= 11 is 0. The van der Waals surface area contributed by atoms with Crippen molar-refractivity contribution in [2.75, 3.05) is 13.8 Å². The Morgan fingerprint density at radius 3 is 2.43 bits per heavy atom. The predicted octanol–water partition coefficient (Wildman–Crippen LogP) is 3.16. The maximum Gasteiger partial charge on any atom is 0.387 e. The first-order valence-electron chi connectivity index (χ1n) is 8.22. The lowest BCUT2D eigenvalue weighted by atomic mass is 10.1. The van der Waals surface area contributed by atoms with Gasteiger partial charge in [0.2, 0.25) is 6.79 Å². The van der Waals surface area contributed by atoms with E-state index in [9.17, 15) is 17.6 Å². The summed E-state index contributed by atoms with van der Waals surface area (Å²) in [6.45, 7) is -2.98. The number of hydrogen-bond acceptors (Lipinski definition) is 4. The Morgan fingerprint density at radius 2 is 1.75 bits per heavy atom. The molecule has 1 aliphatic heterocycles. The number of nitrogens with zero attached hydrogens (tertiary/aromatic N) is 1. The average molecular weight is 399 g/mol. The number of fused-ring (bicyclic) bond motifs is 1. The van der Waals surface area contributed by atoms with Gasteiger partial charge < -0.3 is 24.8 Å². The maximum atomic E-state index is 13.7. The van der Waals surface area contributed by atoms with Crippen molar-refractivity contribution in [3.63, 3.8) is 0 Å². The Bertz CT molecular complexity index is 877. The lowest BCUT2D eigenvalue weighted by Gasteiger charge is -2.15. The van der Waals surface area contributed by atoms with Crippen molar-refractivity contribution in [1.82, 2.24) is 10.6 Å². The van der Waals surface area contributed by atoms with E-state index >= 15 is 0 Å². The number of benzene rings is 2. The molecule has 2 N–H and O–H groups in total. The van der Waals surface area contributed by atoms with E-state index in [1.807, 2.05) is 0 Å². The molecule has 0 bridgehead atoms. The summed E-state index contributed by atoms with van der Waals surface area (Å²) in [6.07, 6.45) is 0. The summed E-state index contributed by atoms with van der Waals surface area (Å²) in [5.41, 5.74) is 0.497. The highest BCUT2D eigenvalue weighted by Crippen LogP contribution is 2.38. The highest BCUT2D eigenvalue weighted by Gasteiger charge is 2.20. The molecule has 150 valence electrons. The molecule has 6 nitrogen and oxygen atoms in total. The molecule has 0 atom stereocenters. The molecule has 0 radical (unpaired) electrons. The van der Waals surface area contributed by atoms with Gasteiger partial charge in [-0.2, -0.15) is 8.78 Å². The van der Waals surface area contributed by atoms with Crippen LogP contribution in [0.3, 0.4) is 0 Å². The van der Waals surface area contributed by atoms with Crippen LogP contribution in [0.15, 0.2) is 35.3 Å². The SMILES string of the molecule is CN=C(NCc1cc(F)ccc1F)NCc1cc2c(cc1OC(F)F)OCO2. The Labute approximate surface area is 158 Å². The zero-order chi connectivity index (χ0) is 20.1. The van der Waals surface area contributed by atoms with Crippen molar-refractivity contribution in [3.05, 3.63) is 53.1 Å². The second kappa shape index (κ2) is 8.68. The number of guanidine groups is 1. The summed E-state index contributed by atoms with van der Waals surface area (Å²) in [7, 11) is 1.48. The topological polar surface area (TPSA) is 64.1 Å². The van der Waals surface area contributed by atoms with Crippen LogP contribution in [-0.4, -0.2) is 26.4 Å². The van der Waals surface area contributed by atoms with Crippen molar-refractivity contribution in [2.24, 2.45) is 4.99 Å². The van der Waals surface area contributed by atoms with Crippen molar-refractivity contribution in [2.45, 2.75) is 19.7 Å². The van der Waals surface area contributed by atoms with Gasteiger partial charge in [-0.15, -0.1) is 0 Å². The standard InChI is InChI=1S/C18H17F4N3O3/c1-23-18(24-7-10-4-12(19)2-3-13(10)20)25-8-11-5-15-16(27-9-26-15)6-14(11)28-17(21)22/h2-6,17H,7-9H2,1H3,(H2,23,24,25). The van der Waals surface area contributed by atoms with E-state index in [-0.39, 0.29) is 37.2 Å². The van der Waals surface area contributed by atoms with Gasteiger partial charge in [0.05, 0.1) is 0 Å². The van der Waals surface area contributed by atoms with Crippen LogP contribution in [0.2, 0.25) is 0 Å². The van der Waals surface area contributed by atoms with Crippen LogP contribution in [-0.2, 0) is 13.1 Å². The zero-order valence-electron chi connectivity index (χ0n) is 14.8. The molecule has 0 fully saturated rings. The van der Waals surface area contributed by atoms with Crippen LogP contribution in [0.5, 0.6) is 17.2 Å². The smallest absolute Gasteiger partial charge is 0.387 e. The molecule has 0 aromatic heterocycles. The number of nitrogens with one attached hydrogen (secondary N) is 2. The van der Waals surface area contributed by atoms with Gasteiger partial charge in [0, 0.05) is 37.3 Å². The molecular weight excluding hydrogens is 382 g/mol. The fourth-order valence-electron chi connectivity index (χ4n) is 2.57. The lowest BCUT2D eigenvalue weighted by molar-refractivity contribution is -0.0505. The normalized spacial score (nSPS) is 13.0. The number of halogens is 4. The Morgan fingerprint density at radius 1 is 1.07 bits per heavy atom. The molecule has 2 aromatic rings. The van der Waals surface area contributed by atoms with E-state index in [4.69, 9.17) is 9.47 Å². The number of rotatable bonds is 6. The van der Waals surface area contributed by atoms with E-state index in [0.717, 1.165) is 18.2 Å². The van der Waals surface area contributed by atoms with Crippen LogP contribution in [0, 0.1) is 11.6 Å². The van der Waals surface area contributed by atoms with E-state index in [1.165, 1.54) is 19.2 Å². The van der Waals surface area contributed by atoms with Crippen LogP contribution in [0.25, 0.3) is 0 Å². The average Bonchev–Trinajstić information content (AvgIpc) is 3.11. The molecule has 1 aliphatic rings. The van der Waals surface area contributed by atoms with E-state index < -0.39 is 18.2 Å². The molecule has 0 amide bonds. The summed E-state index contributed by atoms with van der Waals surface area (Å²) in [4.78, 5) is 3.97. The molecule has 3 rings (SSSR count). The fraction of sp³-hybridized carbons (Fsp3) is 0.278. The van der Waals surface area contributed by atoms with Gasteiger partial charge in [0.25, 0.3) is 0 Å². The number of alkyl halides is 2. The van der Waals surface area contributed by atoms with Gasteiger partial charge in [-0.3, -0.25) is 4.99 Å². The van der Waals surface area contributed by atoms with Gasteiger partial charge in [0.1, 0.15) is 17.4 Å². The Balaban J connectivity index is 1.67. The number of hydrogen-bond donors (Lipinski definition) is 2. The molecule has 1 heterocycles. The second-order valence-electron chi connectivity index (χ2n) is 5.71. The number of aliphatic imine (C=N–C) groups is 1. The summed E-state index contributed by atoms with van der Waals surface area (Å²) < 4.78 is 67.2. The summed E-state index contributed by atoms with van der Waals surface area (Å²) in [5.74, 6) is -0.225. The molecule has 0 unspecified atom stereocenters. The fourth-order valence-corrected chi connectivity index (χ4v) is 2.57. The first kappa shape index (κ1) is 19.6. The Kier molecular flexibility index (Phi) is 6.07. The van der Waals surface area contributed by atoms with E-state index in [0.29, 0.717) is 17.1 Å². The van der Waals surface area contributed by atoms with E-state index in [1.54, 1.807) is 0 Å². The summed E-state index contributed by atoms with van der Waals surface area (Å²) in [5, 5.41) is 5.72. The van der Waals surface area contributed by atoms with Crippen molar-refractivity contribution in [3.8, 4) is 17.2 Å². The van der Waals surface area contributed by atoms with Crippen molar-refractivity contribution in [1.29, 1.82) is 0 Å². The van der Waals surface area contributed by atoms with Crippen LogP contribution < -0.4 is 24.8 Å². The molecule has 0 spiro atoms. The van der Waals surface area contributed by atoms with Crippen LogP contribution in [0.4, 0.5) is 17.6 Å². The highest BCUT2D eigenvalue weighted by molar-refractivity contribution is 5.79. The molecule has 10 heteroatoms. The number of ether oxygens (including phenoxy) is 3. The lowest BCUT2D eigenvalue weighted by Crippen LogP contribution is -2.36. The summed E-state index contributed by atoms with van der Waals surface area (Å²) in [6, 6.07) is 5.97. The minimum Gasteiger partial charge on any atom is -0.454 e. The van der Waals surface area contributed by atoms with Gasteiger partial charge in [-0.05, 0) is 24.3 Å². The Hall–Kier alpha value is -3.17. The van der Waals surface area contributed by atoms with Gasteiger partial charge in [-0.25, -0.2) is 8.78 Å². The molecule has 0 saturated carbocycles. The third kappa shape index (κ3) is 4.76. The van der Waals surface area contributed by atoms with Gasteiger partial charge >= 0.3 is 6.61 Å². The molecule has 28 heavy (non-hydrogen) atoms. The monoisotopic (exact) mass is 399 g/mol. The minimum absolute atomic E-state index is 0.0112. The first-order valence-corrected chi connectivity index (χ1v) is 8.22. The van der Waals surface area contributed by atoms with Gasteiger partial charge in [0.15, 0.2) is 17.5 Å². The zero-order valence-corrected chi connectivity index (χ0v) is 14.8.